The van der Waals surface area contributed by atoms with Crippen LogP contribution in [0, 0.1) is 6.92 Å². The SMILES string of the molecule is Cc1ccsc1CNC(=O)NC(C)C(=O)O. The first-order valence-corrected chi connectivity index (χ1v) is 5.69. The van der Waals surface area contributed by atoms with Gasteiger partial charge in [-0.1, -0.05) is 0 Å². The summed E-state index contributed by atoms with van der Waals surface area (Å²) >= 11 is 1.56. The van der Waals surface area contributed by atoms with E-state index in [9.17, 15) is 9.59 Å². The molecule has 16 heavy (non-hydrogen) atoms. The molecule has 88 valence electrons. The Balaban J connectivity index is 2.36. The van der Waals surface area contributed by atoms with E-state index in [-0.39, 0.29) is 0 Å². The lowest BCUT2D eigenvalue weighted by atomic mass is 10.3. The molecule has 1 aromatic heterocycles. The Hall–Kier alpha value is -1.56. The van der Waals surface area contributed by atoms with Crippen LogP contribution in [0.15, 0.2) is 11.4 Å². The normalized spacial score (nSPS) is 11.9. The molecule has 0 aliphatic carbocycles. The molecule has 0 radical (unpaired) electrons. The number of carbonyl (C=O) groups excluding carboxylic acids is 1. The lowest BCUT2D eigenvalue weighted by molar-refractivity contribution is -0.138. The molecule has 0 aromatic carbocycles. The predicted octanol–water partition coefficient (Wildman–Crippen LogP) is 1.33. The number of nitrogens with one attached hydrogen (secondary N) is 2. The first-order chi connectivity index (χ1) is 7.50. The first-order valence-electron chi connectivity index (χ1n) is 4.81. The largest absolute Gasteiger partial charge is 0.480 e. The summed E-state index contributed by atoms with van der Waals surface area (Å²) in [5.74, 6) is -1.05. The van der Waals surface area contributed by atoms with Gasteiger partial charge in [-0.25, -0.2) is 4.79 Å². The lowest BCUT2D eigenvalue weighted by Crippen LogP contribution is -2.44. The van der Waals surface area contributed by atoms with Crippen molar-refractivity contribution in [2.45, 2.75) is 26.4 Å². The minimum Gasteiger partial charge on any atom is -0.480 e. The van der Waals surface area contributed by atoms with Gasteiger partial charge in [0.15, 0.2) is 0 Å². The van der Waals surface area contributed by atoms with Gasteiger partial charge < -0.3 is 15.7 Å². The van der Waals surface area contributed by atoms with Gasteiger partial charge in [0.1, 0.15) is 6.04 Å². The molecule has 5 nitrogen and oxygen atoms in total. The van der Waals surface area contributed by atoms with Crippen LogP contribution < -0.4 is 10.6 Å². The van der Waals surface area contributed by atoms with Crippen molar-refractivity contribution >= 4 is 23.3 Å². The minimum atomic E-state index is -1.05. The van der Waals surface area contributed by atoms with Crippen molar-refractivity contribution in [3.8, 4) is 0 Å². The van der Waals surface area contributed by atoms with E-state index in [1.54, 1.807) is 11.3 Å². The maximum Gasteiger partial charge on any atom is 0.325 e. The highest BCUT2D eigenvalue weighted by Gasteiger charge is 2.13. The molecule has 1 atom stereocenters. The first kappa shape index (κ1) is 12.5. The Morgan fingerprint density at radius 1 is 1.56 bits per heavy atom. The number of rotatable bonds is 4. The molecule has 0 saturated carbocycles. The number of carboxylic acids is 1. The Bertz CT molecular complexity index is 389. The molecule has 1 rings (SSSR count). The van der Waals surface area contributed by atoms with Crippen LogP contribution in [0.3, 0.4) is 0 Å². The molecule has 0 saturated heterocycles. The van der Waals surface area contributed by atoms with Crippen LogP contribution in [0.2, 0.25) is 0 Å². The summed E-state index contributed by atoms with van der Waals surface area (Å²) < 4.78 is 0. The molecular weight excluding hydrogens is 228 g/mol. The zero-order valence-corrected chi connectivity index (χ0v) is 9.93. The summed E-state index contributed by atoms with van der Waals surface area (Å²) in [5.41, 5.74) is 1.12. The van der Waals surface area contributed by atoms with Crippen LogP contribution in [-0.4, -0.2) is 23.1 Å². The number of carboxylic acid groups (broad SMARTS) is 1. The average molecular weight is 242 g/mol. The number of amides is 2. The fraction of sp³-hybridized carbons (Fsp3) is 0.400. The molecule has 0 aliphatic rings. The molecular formula is C10H14N2O3S. The van der Waals surface area contributed by atoms with E-state index >= 15 is 0 Å². The van der Waals surface area contributed by atoms with Gasteiger partial charge in [-0.15, -0.1) is 11.3 Å². The third kappa shape index (κ3) is 3.54. The van der Waals surface area contributed by atoms with Gasteiger partial charge in [0.25, 0.3) is 0 Å². The van der Waals surface area contributed by atoms with E-state index in [0.29, 0.717) is 6.54 Å². The Labute approximate surface area is 97.5 Å². The Kier molecular flexibility index (Phi) is 4.30. The van der Waals surface area contributed by atoms with Crippen molar-refractivity contribution in [2.24, 2.45) is 0 Å². The van der Waals surface area contributed by atoms with Crippen LogP contribution in [0.4, 0.5) is 4.79 Å². The van der Waals surface area contributed by atoms with Crippen LogP contribution in [0.1, 0.15) is 17.4 Å². The van der Waals surface area contributed by atoms with E-state index in [1.165, 1.54) is 6.92 Å². The summed E-state index contributed by atoms with van der Waals surface area (Å²) in [4.78, 5) is 22.8. The topological polar surface area (TPSA) is 78.4 Å². The van der Waals surface area contributed by atoms with Crippen LogP contribution >= 0.6 is 11.3 Å². The highest BCUT2D eigenvalue weighted by molar-refractivity contribution is 7.10. The van der Waals surface area contributed by atoms with E-state index in [1.807, 2.05) is 18.4 Å². The van der Waals surface area contributed by atoms with Gasteiger partial charge in [0.2, 0.25) is 0 Å². The second-order valence-electron chi connectivity index (χ2n) is 3.41. The second-order valence-corrected chi connectivity index (χ2v) is 4.41. The maximum atomic E-state index is 11.3. The number of aryl methyl sites for hydroxylation is 1. The molecule has 1 heterocycles. The second kappa shape index (κ2) is 5.50. The van der Waals surface area contributed by atoms with Gasteiger partial charge >= 0.3 is 12.0 Å². The smallest absolute Gasteiger partial charge is 0.325 e. The zero-order valence-electron chi connectivity index (χ0n) is 9.11. The molecule has 0 spiro atoms. The zero-order chi connectivity index (χ0) is 12.1. The van der Waals surface area contributed by atoms with Crippen molar-refractivity contribution in [1.29, 1.82) is 0 Å². The summed E-state index contributed by atoms with van der Waals surface area (Å²) in [6.07, 6.45) is 0. The molecule has 2 amide bonds. The number of aliphatic carboxylic acids is 1. The van der Waals surface area contributed by atoms with Crippen molar-refractivity contribution in [3.05, 3.63) is 21.9 Å². The summed E-state index contributed by atoms with van der Waals surface area (Å²) in [6, 6.07) is 0.617. The van der Waals surface area contributed by atoms with E-state index in [0.717, 1.165) is 10.4 Å². The molecule has 0 fully saturated rings. The summed E-state index contributed by atoms with van der Waals surface area (Å²) in [6.45, 7) is 3.80. The fourth-order valence-corrected chi connectivity index (χ4v) is 1.90. The highest BCUT2D eigenvalue weighted by Crippen LogP contribution is 2.14. The van der Waals surface area contributed by atoms with Crippen molar-refractivity contribution in [2.75, 3.05) is 0 Å². The third-order valence-electron chi connectivity index (χ3n) is 2.10. The van der Waals surface area contributed by atoms with Gasteiger partial charge in [-0.2, -0.15) is 0 Å². The van der Waals surface area contributed by atoms with Gasteiger partial charge in [-0.05, 0) is 30.9 Å². The molecule has 1 aromatic rings. The third-order valence-corrected chi connectivity index (χ3v) is 3.12. The van der Waals surface area contributed by atoms with Crippen molar-refractivity contribution in [3.63, 3.8) is 0 Å². The number of urea groups is 1. The number of carbonyl (C=O) groups is 2. The Morgan fingerprint density at radius 2 is 2.25 bits per heavy atom. The molecule has 0 bridgehead atoms. The maximum absolute atomic E-state index is 11.3. The number of hydrogen-bond donors (Lipinski definition) is 3. The van der Waals surface area contributed by atoms with Crippen LogP contribution in [-0.2, 0) is 11.3 Å². The summed E-state index contributed by atoms with van der Waals surface area (Å²) in [7, 11) is 0. The predicted molar refractivity (Wildman–Crippen MR) is 61.5 cm³/mol. The minimum absolute atomic E-state index is 0.418. The quantitative estimate of drug-likeness (QED) is 0.745. The van der Waals surface area contributed by atoms with E-state index in [4.69, 9.17) is 5.11 Å². The van der Waals surface area contributed by atoms with Crippen LogP contribution in [0.25, 0.3) is 0 Å². The van der Waals surface area contributed by atoms with Gasteiger partial charge in [0, 0.05) is 4.88 Å². The molecule has 3 N–H and O–H groups in total. The van der Waals surface area contributed by atoms with Gasteiger partial charge in [0.05, 0.1) is 6.54 Å². The average Bonchev–Trinajstić information content (AvgIpc) is 2.61. The highest BCUT2D eigenvalue weighted by atomic mass is 32.1. The molecule has 6 heteroatoms. The molecule has 0 aliphatic heterocycles. The number of hydrogen-bond acceptors (Lipinski definition) is 3. The fourth-order valence-electron chi connectivity index (χ4n) is 1.06. The van der Waals surface area contributed by atoms with E-state index in [2.05, 4.69) is 10.6 Å². The van der Waals surface area contributed by atoms with Crippen LogP contribution in [0.5, 0.6) is 0 Å². The summed E-state index contributed by atoms with van der Waals surface area (Å²) in [5, 5.41) is 15.5. The standard InChI is InChI=1S/C10H14N2O3S/c1-6-3-4-16-8(6)5-11-10(15)12-7(2)9(13)14/h3-4,7H,5H2,1-2H3,(H,13,14)(H2,11,12,15). The molecule has 1 unspecified atom stereocenters. The van der Waals surface area contributed by atoms with E-state index < -0.39 is 18.0 Å². The van der Waals surface area contributed by atoms with Crippen molar-refractivity contribution in [1.82, 2.24) is 10.6 Å². The Morgan fingerprint density at radius 3 is 2.75 bits per heavy atom. The lowest BCUT2D eigenvalue weighted by Gasteiger charge is -2.10. The monoisotopic (exact) mass is 242 g/mol. The van der Waals surface area contributed by atoms with Crippen molar-refractivity contribution < 1.29 is 14.7 Å². The van der Waals surface area contributed by atoms with Gasteiger partial charge in [-0.3, -0.25) is 4.79 Å². The number of thiophene rings is 1.